The molecule has 0 unspecified atom stereocenters. The molecule has 0 aromatic heterocycles. The third-order valence-corrected chi connectivity index (χ3v) is 4.30. The van der Waals surface area contributed by atoms with Gasteiger partial charge in [0, 0.05) is 50.5 Å². The first-order chi connectivity index (χ1) is 11.7. The Labute approximate surface area is 142 Å². The number of phenols is 1. The molecule has 5 heteroatoms. The molecule has 1 aliphatic rings. The van der Waals surface area contributed by atoms with E-state index in [0.29, 0.717) is 12.2 Å². The van der Waals surface area contributed by atoms with Crippen LogP contribution in [0.25, 0.3) is 0 Å². The molecular weight excluding hydrogens is 302 g/mol. The highest BCUT2D eigenvalue weighted by molar-refractivity contribution is 5.90. The van der Waals surface area contributed by atoms with Crippen LogP contribution in [0, 0.1) is 0 Å². The number of phenolic OH excluding ortho intramolecular Hbond substituents is 1. The molecule has 1 fully saturated rings. The minimum atomic E-state index is 0.0576. The molecule has 0 atom stereocenters. The summed E-state index contributed by atoms with van der Waals surface area (Å²) >= 11 is 0. The van der Waals surface area contributed by atoms with Gasteiger partial charge in [0.05, 0.1) is 0 Å². The van der Waals surface area contributed by atoms with E-state index in [1.807, 2.05) is 42.5 Å². The van der Waals surface area contributed by atoms with Crippen molar-refractivity contribution in [3.63, 3.8) is 0 Å². The van der Waals surface area contributed by atoms with Crippen LogP contribution < -0.4 is 10.2 Å². The quantitative estimate of drug-likeness (QED) is 0.887. The third kappa shape index (κ3) is 4.49. The Bertz CT molecular complexity index is 650. The Morgan fingerprint density at radius 2 is 1.62 bits per heavy atom. The fraction of sp³-hybridized carbons (Fsp3) is 0.316. The number of nitrogens with one attached hydrogen (secondary N) is 1. The zero-order valence-electron chi connectivity index (χ0n) is 13.7. The van der Waals surface area contributed by atoms with Crippen LogP contribution in [-0.4, -0.2) is 48.6 Å². The van der Waals surface area contributed by atoms with E-state index in [2.05, 4.69) is 15.1 Å². The van der Waals surface area contributed by atoms with Gasteiger partial charge in [-0.25, -0.2) is 0 Å². The third-order valence-electron chi connectivity index (χ3n) is 4.30. The first-order valence-electron chi connectivity index (χ1n) is 8.32. The van der Waals surface area contributed by atoms with Crippen molar-refractivity contribution in [3.05, 3.63) is 54.6 Å². The second kappa shape index (κ2) is 7.84. The maximum absolute atomic E-state index is 12.0. The molecule has 0 spiro atoms. The number of benzene rings is 2. The van der Waals surface area contributed by atoms with E-state index in [1.54, 1.807) is 12.1 Å². The molecule has 1 amide bonds. The van der Waals surface area contributed by atoms with Gasteiger partial charge in [-0.3, -0.25) is 9.69 Å². The summed E-state index contributed by atoms with van der Waals surface area (Å²) in [5, 5.41) is 12.3. The summed E-state index contributed by atoms with van der Waals surface area (Å²) in [6.07, 6.45) is 0.508. The van der Waals surface area contributed by atoms with Gasteiger partial charge in [-0.05, 0) is 36.4 Å². The standard InChI is InChI=1S/C19H23N3O2/c23-18-8-6-17(7-9-18)22-14-12-21(13-15-22)11-10-19(24)20-16-4-2-1-3-5-16/h1-9,23H,10-15H2,(H,20,24). The smallest absolute Gasteiger partial charge is 0.225 e. The van der Waals surface area contributed by atoms with Crippen LogP contribution >= 0.6 is 0 Å². The zero-order valence-corrected chi connectivity index (χ0v) is 13.7. The Hall–Kier alpha value is -2.53. The van der Waals surface area contributed by atoms with E-state index in [9.17, 15) is 9.90 Å². The molecule has 3 rings (SSSR count). The Morgan fingerprint density at radius 1 is 0.958 bits per heavy atom. The number of para-hydroxylation sites is 1. The van der Waals surface area contributed by atoms with E-state index in [1.165, 1.54) is 0 Å². The number of amides is 1. The van der Waals surface area contributed by atoms with Crippen molar-refractivity contribution in [3.8, 4) is 5.75 Å². The molecular formula is C19H23N3O2. The summed E-state index contributed by atoms with van der Waals surface area (Å²) in [6.45, 7) is 4.54. The Kier molecular flexibility index (Phi) is 5.33. The molecule has 1 aliphatic heterocycles. The summed E-state index contributed by atoms with van der Waals surface area (Å²) in [7, 11) is 0. The Morgan fingerprint density at radius 3 is 2.29 bits per heavy atom. The summed E-state index contributed by atoms with van der Waals surface area (Å²) in [6, 6.07) is 16.9. The van der Waals surface area contributed by atoms with Crippen molar-refractivity contribution < 1.29 is 9.90 Å². The van der Waals surface area contributed by atoms with Crippen LogP contribution in [0.1, 0.15) is 6.42 Å². The van der Waals surface area contributed by atoms with Gasteiger partial charge in [-0.1, -0.05) is 18.2 Å². The van der Waals surface area contributed by atoms with E-state index in [0.717, 1.165) is 44.1 Å². The average Bonchev–Trinajstić information content (AvgIpc) is 2.62. The molecule has 0 bridgehead atoms. The lowest BCUT2D eigenvalue weighted by Gasteiger charge is -2.36. The maximum atomic E-state index is 12.0. The number of hydrogen-bond acceptors (Lipinski definition) is 4. The molecule has 5 nitrogen and oxygen atoms in total. The Balaban J connectivity index is 1.41. The van der Waals surface area contributed by atoms with Crippen LogP contribution in [0.3, 0.4) is 0 Å². The van der Waals surface area contributed by atoms with Crippen molar-refractivity contribution in [2.45, 2.75) is 6.42 Å². The number of carbonyl (C=O) groups is 1. The molecule has 0 radical (unpaired) electrons. The number of piperazine rings is 1. The van der Waals surface area contributed by atoms with Gasteiger partial charge in [-0.15, -0.1) is 0 Å². The number of carbonyl (C=O) groups excluding carboxylic acids is 1. The molecule has 1 heterocycles. The lowest BCUT2D eigenvalue weighted by Crippen LogP contribution is -2.47. The predicted molar refractivity (Wildman–Crippen MR) is 96.4 cm³/mol. The van der Waals surface area contributed by atoms with Crippen LogP contribution in [-0.2, 0) is 4.79 Å². The van der Waals surface area contributed by atoms with Gasteiger partial charge in [0.25, 0.3) is 0 Å². The van der Waals surface area contributed by atoms with Gasteiger partial charge < -0.3 is 15.3 Å². The lowest BCUT2D eigenvalue weighted by molar-refractivity contribution is -0.116. The van der Waals surface area contributed by atoms with Gasteiger partial charge in [0.15, 0.2) is 0 Å². The molecule has 1 saturated heterocycles. The van der Waals surface area contributed by atoms with E-state index in [4.69, 9.17) is 0 Å². The zero-order chi connectivity index (χ0) is 16.8. The van der Waals surface area contributed by atoms with E-state index in [-0.39, 0.29) is 5.91 Å². The largest absolute Gasteiger partial charge is 0.508 e. The van der Waals surface area contributed by atoms with Crippen molar-refractivity contribution in [2.24, 2.45) is 0 Å². The SMILES string of the molecule is O=C(CCN1CCN(c2ccc(O)cc2)CC1)Nc1ccccc1. The minimum absolute atomic E-state index is 0.0576. The summed E-state index contributed by atoms with van der Waals surface area (Å²) in [5.74, 6) is 0.351. The second-order valence-corrected chi connectivity index (χ2v) is 6.01. The van der Waals surface area contributed by atoms with Gasteiger partial charge in [-0.2, -0.15) is 0 Å². The average molecular weight is 325 g/mol. The van der Waals surface area contributed by atoms with Crippen LogP contribution in [0.2, 0.25) is 0 Å². The normalized spacial score (nSPS) is 15.2. The van der Waals surface area contributed by atoms with Crippen molar-refractivity contribution in [1.29, 1.82) is 0 Å². The van der Waals surface area contributed by atoms with Crippen molar-refractivity contribution >= 4 is 17.3 Å². The first-order valence-corrected chi connectivity index (χ1v) is 8.32. The highest BCUT2D eigenvalue weighted by atomic mass is 16.3. The van der Waals surface area contributed by atoms with E-state index < -0.39 is 0 Å². The lowest BCUT2D eigenvalue weighted by atomic mass is 10.2. The molecule has 2 N–H and O–H groups in total. The molecule has 0 aliphatic carbocycles. The highest BCUT2D eigenvalue weighted by Crippen LogP contribution is 2.19. The summed E-state index contributed by atoms with van der Waals surface area (Å²) in [4.78, 5) is 16.6. The van der Waals surface area contributed by atoms with E-state index >= 15 is 0 Å². The number of hydrogen-bond donors (Lipinski definition) is 2. The van der Waals surface area contributed by atoms with Gasteiger partial charge in [0.1, 0.15) is 5.75 Å². The molecule has 126 valence electrons. The molecule has 0 saturated carbocycles. The van der Waals surface area contributed by atoms with Crippen molar-refractivity contribution in [1.82, 2.24) is 4.90 Å². The number of aromatic hydroxyl groups is 1. The maximum Gasteiger partial charge on any atom is 0.225 e. The van der Waals surface area contributed by atoms with Crippen LogP contribution in [0.5, 0.6) is 5.75 Å². The molecule has 24 heavy (non-hydrogen) atoms. The fourth-order valence-corrected chi connectivity index (χ4v) is 2.90. The van der Waals surface area contributed by atoms with Gasteiger partial charge >= 0.3 is 0 Å². The minimum Gasteiger partial charge on any atom is -0.508 e. The fourth-order valence-electron chi connectivity index (χ4n) is 2.90. The summed E-state index contributed by atoms with van der Waals surface area (Å²) in [5.41, 5.74) is 1.98. The number of nitrogens with zero attached hydrogens (tertiary/aromatic N) is 2. The number of rotatable bonds is 5. The monoisotopic (exact) mass is 325 g/mol. The van der Waals surface area contributed by atoms with Crippen LogP contribution in [0.15, 0.2) is 54.6 Å². The highest BCUT2D eigenvalue weighted by Gasteiger charge is 2.17. The predicted octanol–water partition coefficient (Wildman–Crippen LogP) is 2.54. The van der Waals surface area contributed by atoms with Crippen LogP contribution in [0.4, 0.5) is 11.4 Å². The van der Waals surface area contributed by atoms with Gasteiger partial charge in [0.2, 0.25) is 5.91 Å². The topological polar surface area (TPSA) is 55.8 Å². The molecule has 2 aromatic carbocycles. The number of anilines is 2. The summed E-state index contributed by atoms with van der Waals surface area (Å²) < 4.78 is 0. The first kappa shape index (κ1) is 16.3. The molecule has 2 aromatic rings. The van der Waals surface area contributed by atoms with Crippen molar-refractivity contribution in [2.75, 3.05) is 42.9 Å². The second-order valence-electron chi connectivity index (χ2n) is 6.01.